The Labute approximate surface area is 181 Å². The van der Waals surface area contributed by atoms with E-state index in [2.05, 4.69) is 15.3 Å². The summed E-state index contributed by atoms with van der Waals surface area (Å²) < 4.78 is 5.48. The number of carbonyl (C=O) groups excluding carboxylic acids is 1. The summed E-state index contributed by atoms with van der Waals surface area (Å²) in [6.45, 7) is 2.06. The largest absolute Gasteiger partial charge is 0.457 e. The van der Waals surface area contributed by atoms with Gasteiger partial charge in [-0.2, -0.15) is 0 Å². The maximum Gasteiger partial charge on any atom is 0.349 e. The average Bonchev–Trinajstić information content (AvgIpc) is 3.08. The van der Waals surface area contributed by atoms with Crippen LogP contribution in [0.3, 0.4) is 0 Å². The molecule has 0 spiro atoms. The molecule has 1 N–H and O–H groups in total. The summed E-state index contributed by atoms with van der Waals surface area (Å²) >= 11 is 13.7. The number of benzene rings is 2. The Kier molecular flexibility index (Phi) is 5.67. The van der Waals surface area contributed by atoms with Crippen molar-refractivity contribution < 1.29 is 9.53 Å². The molecule has 146 valence electrons. The lowest BCUT2D eigenvalue weighted by molar-refractivity contribution is 0.0478. The van der Waals surface area contributed by atoms with Crippen molar-refractivity contribution in [1.82, 2.24) is 9.97 Å². The van der Waals surface area contributed by atoms with Crippen molar-refractivity contribution >= 4 is 62.2 Å². The SMILES string of the molecule is Cc1c(C(=O)OCc2ccccc2)sc2ncnc(Nc3cccc(Cl)c3Cl)c12. The van der Waals surface area contributed by atoms with E-state index in [-0.39, 0.29) is 12.6 Å². The minimum Gasteiger partial charge on any atom is -0.457 e. The smallest absolute Gasteiger partial charge is 0.349 e. The quantitative estimate of drug-likeness (QED) is 0.361. The highest BCUT2D eigenvalue weighted by molar-refractivity contribution is 7.20. The van der Waals surface area contributed by atoms with E-state index in [0.29, 0.717) is 31.3 Å². The zero-order valence-corrected chi connectivity index (χ0v) is 17.6. The molecule has 4 rings (SSSR count). The average molecular weight is 444 g/mol. The predicted octanol–water partition coefficient (Wildman–Crippen LogP) is 6.41. The second-order valence-corrected chi connectivity index (χ2v) is 8.03. The van der Waals surface area contributed by atoms with Crippen molar-refractivity contribution in [3.05, 3.63) is 80.9 Å². The molecule has 4 aromatic rings. The zero-order chi connectivity index (χ0) is 20.4. The van der Waals surface area contributed by atoms with E-state index in [1.54, 1.807) is 18.2 Å². The molecule has 5 nitrogen and oxygen atoms in total. The van der Waals surface area contributed by atoms with E-state index >= 15 is 0 Å². The van der Waals surface area contributed by atoms with Crippen LogP contribution in [0.4, 0.5) is 11.5 Å². The molecular weight excluding hydrogens is 429 g/mol. The van der Waals surface area contributed by atoms with E-state index in [1.165, 1.54) is 17.7 Å². The molecule has 0 aliphatic rings. The van der Waals surface area contributed by atoms with Crippen molar-refractivity contribution in [2.24, 2.45) is 0 Å². The Morgan fingerprint density at radius 3 is 2.69 bits per heavy atom. The number of halogens is 2. The van der Waals surface area contributed by atoms with Gasteiger partial charge in [0.1, 0.15) is 28.5 Å². The summed E-state index contributed by atoms with van der Waals surface area (Å²) in [5, 5.41) is 4.78. The molecule has 0 bridgehead atoms. The molecule has 0 saturated carbocycles. The molecule has 0 fully saturated rings. The first-order valence-electron chi connectivity index (χ1n) is 8.71. The molecule has 2 aromatic heterocycles. The van der Waals surface area contributed by atoms with Crippen LogP contribution in [0.15, 0.2) is 54.9 Å². The van der Waals surface area contributed by atoms with Crippen LogP contribution in [0.25, 0.3) is 10.2 Å². The van der Waals surface area contributed by atoms with Crippen LogP contribution in [0.2, 0.25) is 10.0 Å². The van der Waals surface area contributed by atoms with E-state index in [0.717, 1.165) is 16.5 Å². The van der Waals surface area contributed by atoms with E-state index in [4.69, 9.17) is 27.9 Å². The first-order valence-corrected chi connectivity index (χ1v) is 10.3. The Hall–Kier alpha value is -2.67. The summed E-state index contributed by atoms with van der Waals surface area (Å²) in [4.78, 5) is 22.5. The number of aryl methyl sites for hydroxylation is 1. The van der Waals surface area contributed by atoms with Gasteiger partial charge in [-0.25, -0.2) is 14.8 Å². The lowest BCUT2D eigenvalue weighted by atomic mass is 10.2. The fraction of sp³-hybridized carbons (Fsp3) is 0.0952. The van der Waals surface area contributed by atoms with Crippen LogP contribution >= 0.6 is 34.5 Å². The summed E-state index contributed by atoms with van der Waals surface area (Å²) in [6.07, 6.45) is 1.44. The molecule has 0 atom stereocenters. The number of thiophene rings is 1. The summed E-state index contributed by atoms with van der Waals surface area (Å²) in [7, 11) is 0. The van der Waals surface area contributed by atoms with Gasteiger partial charge in [0.15, 0.2) is 0 Å². The second kappa shape index (κ2) is 8.37. The highest BCUT2D eigenvalue weighted by atomic mass is 35.5. The van der Waals surface area contributed by atoms with Gasteiger partial charge in [0, 0.05) is 0 Å². The minimum atomic E-state index is -0.388. The number of fused-ring (bicyclic) bond motifs is 1. The molecule has 0 aliphatic carbocycles. The van der Waals surface area contributed by atoms with Crippen molar-refractivity contribution in [3.63, 3.8) is 0 Å². The van der Waals surface area contributed by atoms with E-state index < -0.39 is 0 Å². The van der Waals surface area contributed by atoms with Crippen LogP contribution in [-0.4, -0.2) is 15.9 Å². The number of ether oxygens (including phenoxy) is 1. The number of carbonyl (C=O) groups is 1. The third-order valence-corrected chi connectivity index (χ3v) is 6.33. The van der Waals surface area contributed by atoms with Crippen molar-refractivity contribution in [2.45, 2.75) is 13.5 Å². The van der Waals surface area contributed by atoms with Crippen molar-refractivity contribution in [3.8, 4) is 0 Å². The van der Waals surface area contributed by atoms with Gasteiger partial charge in [0.25, 0.3) is 0 Å². The highest BCUT2D eigenvalue weighted by Gasteiger charge is 2.21. The molecule has 0 amide bonds. The Bertz CT molecular complexity index is 1200. The predicted molar refractivity (Wildman–Crippen MR) is 117 cm³/mol. The fourth-order valence-corrected chi connectivity index (χ4v) is 4.27. The molecule has 8 heteroatoms. The fourth-order valence-electron chi connectivity index (χ4n) is 2.88. The molecule has 29 heavy (non-hydrogen) atoms. The Morgan fingerprint density at radius 1 is 1.10 bits per heavy atom. The van der Waals surface area contributed by atoms with Crippen LogP contribution in [-0.2, 0) is 11.3 Å². The maximum absolute atomic E-state index is 12.7. The van der Waals surface area contributed by atoms with Gasteiger partial charge in [-0.05, 0) is 30.2 Å². The standard InChI is InChI=1S/C21H15Cl2N3O2S/c1-12-16-19(26-15-9-5-8-14(22)17(15)23)24-11-25-20(16)29-18(12)21(27)28-10-13-6-3-2-4-7-13/h2-9,11H,10H2,1H3,(H,24,25,26). The van der Waals surface area contributed by atoms with Crippen molar-refractivity contribution in [2.75, 3.05) is 5.32 Å². The van der Waals surface area contributed by atoms with Crippen LogP contribution in [0, 0.1) is 6.92 Å². The number of hydrogen-bond donors (Lipinski definition) is 1. The molecular formula is C21H15Cl2N3O2S. The summed E-state index contributed by atoms with van der Waals surface area (Å²) in [6, 6.07) is 14.9. The zero-order valence-electron chi connectivity index (χ0n) is 15.3. The third kappa shape index (κ3) is 4.05. The lowest BCUT2D eigenvalue weighted by Crippen LogP contribution is -2.04. The summed E-state index contributed by atoms with van der Waals surface area (Å²) in [5.74, 6) is 0.163. The molecule has 0 saturated heterocycles. The number of esters is 1. The minimum absolute atomic E-state index is 0.211. The Morgan fingerprint density at radius 2 is 1.90 bits per heavy atom. The van der Waals surface area contributed by atoms with Gasteiger partial charge < -0.3 is 10.1 Å². The normalized spacial score (nSPS) is 10.9. The molecule has 2 aromatic carbocycles. The van der Waals surface area contributed by atoms with E-state index in [1.807, 2.05) is 37.3 Å². The van der Waals surface area contributed by atoms with Crippen LogP contribution < -0.4 is 5.32 Å². The van der Waals surface area contributed by atoms with E-state index in [9.17, 15) is 4.79 Å². The monoisotopic (exact) mass is 443 g/mol. The van der Waals surface area contributed by atoms with Gasteiger partial charge in [-0.15, -0.1) is 11.3 Å². The van der Waals surface area contributed by atoms with Gasteiger partial charge >= 0.3 is 5.97 Å². The molecule has 2 heterocycles. The highest BCUT2D eigenvalue weighted by Crippen LogP contribution is 2.37. The third-order valence-electron chi connectivity index (χ3n) is 4.33. The number of nitrogens with zero attached hydrogens (tertiary/aromatic N) is 2. The van der Waals surface area contributed by atoms with Crippen molar-refractivity contribution in [1.29, 1.82) is 0 Å². The number of aromatic nitrogens is 2. The second-order valence-electron chi connectivity index (χ2n) is 6.25. The number of nitrogens with one attached hydrogen (secondary N) is 1. The number of anilines is 2. The first kappa shape index (κ1) is 19.6. The molecule has 0 unspecified atom stereocenters. The van der Waals surface area contributed by atoms with Gasteiger partial charge in [-0.3, -0.25) is 0 Å². The molecule has 0 radical (unpaired) electrons. The number of rotatable bonds is 5. The van der Waals surface area contributed by atoms with Crippen LogP contribution in [0.5, 0.6) is 0 Å². The first-order chi connectivity index (χ1) is 14.0. The molecule has 0 aliphatic heterocycles. The topological polar surface area (TPSA) is 64.1 Å². The van der Waals surface area contributed by atoms with Crippen LogP contribution in [0.1, 0.15) is 20.8 Å². The van der Waals surface area contributed by atoms with Gasteiger partial charge in [0.2, 0.25) is 0 Å². The van der Waals surface area contributed by atoms with Gasteiger partial charge in [0.05, 0.1) is 21.1 Å². The lowest BCUT2D eigenvalue weighted by Gasteiger charge is -2.10. The number of hydrogen-bond acceptors (Lipinski definition) is 6. The maximum atomic E-state index is 12.7. The Balaban J connectivity index is 1.64. The van der Waals surface area contributed by atoms with Gasteiger partial charge in [-0.1, -0.05) is 59.6 Å². The summed E-state index contributed by atoms with van der Waals surface area (Å²) in [5.41, 5.74) is 2.31.